The van der Waals surface area contributed by atoms with E-state index in [2.05, 4.69) is 22.4 Å². The molecule has 1 aromatic heterocycles. The summed E-state index contributed by atoms with van der Waals surface area (Å²) >= 11 is 1.46. The second-order valence-corrected chi connectivity index (χ2v) is 7.22. The van der Waals surface area contributed by atoms with Gasteiger partial charge in [-0.3, -0.25) is 4.79 Å². The van der Waals surface area contributed by atoms with E-state index in [9.17, 15) is 4.79 Å². The summed E-state index contributed by atoms with van der Waals surface area (Å²) in [5.74, 6) is -0.0245. The SMILES string of the molecule is Cc1ccccc1NC(=O)C(C)Sc1ncc(-c2ccccc2)n1C. The van der Waals surface area contributed by atoms with Gasteiger partial charge in [-0.1, -0.05) is 60.3 Å². The van der Waals surface area contributed by atoms with Crippen molar-refractivity contribution < 1.29 is 4.79 Å². The van der Waals surface area contributed by atoms with Crippen LogP contribution in [0.4, 0.5) is 5.69 Å². The van der Waals surface area contributed by atoms with Crippen LogP contribution in [0.2, 0.25) is 0 Å². The Morgan fingerprint density at radius 3 is 2.52 bits per heavy atom. The number of hydrogen-bond donors (Lipinski definition) is 1. The van der Waals surface area contributed by atoms with Gasteiger partial charge in [0.15, 0.2) is 5.16 Å². The number of amides is 1. The van der Waals surface area contributed by atoms with E-state index in [0.29, 0.717) is 0 Å². The lowest BCUT2D eigenvalue weighted by atomic mass is 10.2. The quantitative estimate of drug-likeness (QED) is 0.688. The molecule has 1 atom stereocenters. The zero-order chi connectivity index (χ0) is 17.8. The minimum atomic E-state index is -0.246. The Morgan fingerprint density at radius 1 is 1.12 bits per heavy atom. The van der Waals surface area contributed by atoms with Crippen LogP contribution in [-0.2, 0) is 11.8 Å². The molecule has 0 aliphatic rings. The van der Waals surface area contributed by atoms with Gasteiger partial charge < -0.3 is 9.88 Å². The van der Waals surface area contributed by atoms with Crippen LogP contribution in [0, 0.1) is 6.92 Å². The number of anilines is 1. The van der Waals surface area contributed by atoms with E-state index >= 15 is 0 Å². The first-order valence-corrected chi connectivity index (χ1v) is 9.04. The summed E-state index contributed by atoms with van der Waals surface area (Å²) in [5, 5.41) is 3.57. The molecule has 128 valence electrons. The third-order valence-electron chi connectivity index (χ3n) is 4.07. The Bertz CT molecular complexity index is 874. The van der Waals surface area contributed by atoms with Crippen molar-refractivity contribution in [2.24, 2.45) is 7.05 Å². The zero-order valence-corrected chi connectivity index (χ0v) is 15.4. The van der Waals surface area contributed by atoms with Gasteiger partial charge in [-0.2, -0.15) is 0 Å². The highest BCUT2D eigenvalue weighted by atomic mass is 32.2. The highest BCUT2D eigenvalue weighted by Gasteiger charge is 2.19. The van der Waals surface area contributed by atoms with Crippen molar-refractivity contribution in [1.82, 2.24) is 9.55 Å². The second kappa shape index (κ2) is 7.57. The molecule has 0 aliphatic heterocycles. The predicted octanol–water partition coefficient (Wildman–Crippen LogP) is 4.51. The third-order valence-corrected chi connectivity index (χ3v) is 5.23. The smallest absolute Gasteiger partial charge is 0.237 e. The molecule has 25 heavy (non-hydrogen) atoms. The first kappa shape index (κ1) is 17.3. The highest BCUT2D eigenvalue weighted by molar-refractivity contribution is 8.00. The number of nitrogens with zero attached hydrogens (tertiary/aromatic N) is 2. The molecule has 1 amide bonds. The Labute approximate surface area is 152 Å². The number of aryl methyl sites for hydroxylation is 1. The van der Waals surface area contributed by atoms with Crippen LogP contribution in [0.25, 0.3) is 11.3 Å². The van der Waals surface area contributed by atoms with E-state index in [1.54, 1.807) is 0 Å². The second-order valence-electron chi connectivity index (χ2n) is 5.92. The van der Waals surface area contributed by atoms with Gasteiger partial charge in [0, 0.05) is 12.7 Å². The largest absolute Gasteiger partial charge is 0.325 e. The molecule has 0 aliphatic carbocycles. The van der Waals surface area contributed by atoms with E-state index in [1.807, 2.05) is 74.1 Å². The van der Waals surface area contributed by atoms with Crippen LogP contribution in [0.5, 0.6) is 0 Å². The van der Waals surface area contributed by atoms with Crippen LogP contribution in [0.1, 0.15) is 12.5 Å². The summed E-state index contributed by atoms with van der Waals surface area (Å²) in [4.78, 5) is 17.0. The number of carbonyl (C=O) groups is 1. The normalized spacial score (nSPS) is 12.0. The Morgan fingerprint density at radius 2 is 1.80 bits per heavy atom. The van der Waals surface area contributed by atoms with Crippen molar-refractivity contribution >= 4 is 23.4 Å². The van der Waals surface area contributed by atoms with Gasteiger partial charge in [-0.25, -0.2) is 4.98 Å². The number of aromatic nitrogens is 2. The summed E-state index contributed by atoms with van der Waals surface area (Å²) in [6, 6.07) is 17.9. The number of benzene rings is 2. The van der Waals surface area contributed by atoms with E-state index in [-0.39, 0.29) is 11.2 Å². The maximum absolute atomic E-state index is 12.5. The standard InChI is InChI=1S/C20H21N3OS/c1-14-9-7-8-12-17(14)22-19(24)15(2)25-20-21-13-18(23(20)3)16-10-5-4-6-11-16/h4-13,15H,1-3H3,(H,22,24). The summed E-state index contributed by atoms with van der Waals surface area (Å²) in [7, 11) is 1.98. The minimum absolute atomic E-state index is 0.0245. The lowest BCUT2D eigenvalue weighted by Gasteiger charge is -2.13. The molecule has 0 saturated heterocycles. The van der Waals surface area contributed by atoms with Gasteiger partial charge in [-0.15, -0.1) is 0 Å². The molecular weight excluding hydrogens is 330 g/mol. The molecule has 1 unspecified atom stereocenters. The van der Waals surface area contributed by atoms with Crippen LogP contribution in [-0.4, -0.2) is 20.7 Å². The van der Waals surface area contributed by atoms with Crippen molar-refractivity contribution in [2.45, 2.75) is 24.3 Å². The van der Waals surface area contributed by atoms with Crippen molar-refractivity contribution in [3.05, 3.63) is 66.4 Å². The summed E-state index contributed by atoms with van der Waals surface area (Å²) in [6.07, 6.45) is 1.85. The van der Waals surface area contributed by atoms with Crippen LogP contribution < -0.4 is 5.32 Å². The number of rotatable bonds is 5. The fourth-order valence-electron chi connectivity index (χ4n) is 2.54. The molecule has 3 rings (SSSR count). The fraction of sp³-hybridized carbons (Fsp3) is 0.200. The number of nitrogens with one attached hydrogen (secondary N) is 1. The van der Waals surface area contributed by atoms with E-state index in [4.69, 9.17) is 0 Å². The van der Waals surface area contributed by atoms with Crippen LogP contribution >= 0.6 is 11.8 Å². The number of imidazole rings is 1. The first-order chi connectivity index (χ1) is 12.1. The van der Waals surface area contributed by atoms with E-state index in [0.717, 1.165) is 27.7 Å². The number of hydrogen-bond acceptors (Lipinski definition) is 3. The highest BCUT2D eigenvalue weighted by Crippen LogP contribution is 2.28. The van der Waals surface area contributed by atoms with Crippen molar-refractivity contribution in [1.29, 1.82) is 0 Å². The summed E-state index contributed by atoms with van der Waals surface area (Å²) in [6.45, 7) is 3.88. The first-order valence-electron chi connectivity index (χ1n) is 8.16. The van der Waals surface area contributed by atoms with Gasteiger partial charge in [0.2, 0.25) is 5.91 Å². The molecule has 5 heteroatoms. The zero-order valence-electron chi connectivity index (χ0n) is 14.6. The maximum Gasteiger partial charge on any atom is 0.237 e. The molecule has 4 nitrogen and oxygen atoms in total. The topological polar surface area (TPSA) is 46.9 Å². The minimum Gasteiger partial charge on any atom is -0.325 e. The molecule has 0 spiro atoms. The molecule has 0 saturated carbocycles. The van der Waals surface area contributed by atoms with E-state index in [1.165, 1.54) is 11.8 Å². The molecule has 3 aromatic rings. The molecule has 0 radical (unpaired) electrons. The summed E-state index contributed by atoms with van der Waals surface area (Å²) in [5.41, 5.74) is 4.05. The van der Waals surface area contributed by atoms with Crippen LogP contribution in [0.15, 0.2) is 66.0 Å². The van der Waals surface area contributed by atoms with Gasteiger partial charge in [-0.05, 0) is 31.0 Å². The lowest BCUT2D eigenvalue weighted by molar-refractivity contribution is -0.115. The Hall–Kier alpha value is -2.53. The molecule has 1 N–H and O–H groups in total. The number of thioether (sulfide) groups is 1. The molecule has 0 bridgehead atoms. The van der Waals surface area contributed by atoms with Crippen molar-refractivity contribution in [3.8, 4) is 11.3 Å². The average molecular weight is 351 g/mol. The van der Waals surface area contributed by atoms with Crippen molar-refractivity contribution in [3.63, 3.8) is 0 Å². The number of carbonyl (C=O) groups excluding carboxylic acids is 1. The predicted molar refractivity (Wildman–Crippen MR) is 104 cm³/mol. The maximum atomic E-state index is 12.5. The summed E-state index contributed by atoms with van der Waals surface area (Å²) < 4.78 is 2.03. The fourth-order valence-corrected chi connectivity index (χ4v) is 3.39. The Kier molecular flexibility index (Phi) is 5.24. The van der Waals surface area contributed by atoms with Gasteiger partial charge in [0.05, 0.1) is 17.1 Å². The van der Waals surface area contributed by atoms with Crippen LogP contribution in [0.3, 0.4) is 0 Å². The molecule has 1 heterocycles. The molecular formula is C20H21N3OS. The average Bonchev–Trinajstić information content (AvgIpc) is 2.98. The van der Waals surface area contributed by atoms with Gasteiger partial charge >= 0.3 is 0 Å². The van der Waals surface area contributed by atoms with Gasteiger partial charge in [0.25, 0.3) is 0 Å². The third kappa shape index (κ3) is 3.94. The number of para-hydroxylation sites is 1. The monoisotopic (exact) mass is 351 g/mol. The lowest BCUT2D eigenvalue weighted by Crippen LogP contribution is -2.23. The van der Waals surface area contributed by atoms with E-state index < -0.39 is 0 Å². The Balaban J connectivity index is 1.71. The van der Waals surface area contributed by atoms with Gasteiger partial charge in [0.1, 0.15) is 0 Å². The molecule has 0 fully saturated rings. The molecule has 2 aromatic carbocycles. The van der Waals surface area contributed by atoms with Crippen molar-refractivity contribution in [2.75, 3.05) is 5.32 Å².